The van der Waals surface area contributed by atoms with Crippen LogP contribution in [-0.2, 0) is 0 Å². The summed E-state index contributed by atoms with van der Waals surface area (Å²) in [7, 11) is 0. The molecular formula is C10H11ClN2S. The summed E-state index contributed by atoms with van der Waals surface area (Å²) in [5.41, 5.74) is 2.08. The van der Waals surface area contributed by atoms with E-state index in [1.807, 2.05) is 18.4 Å². The lowest BCUT2D eigenvalue weighted by Gasteiger charge is -2.13. The van der Waals surface area contributed by atoms with Gasteiger partial charge in [-0.15, -0.1) is 22.9 Å². The number of thiophene rings is 1. The molecule has 2 atom stereocenters. The van der Waals surface area contributed by atoms with Crippen LogP contribution in [0.15, 0.2) is 17.8 Å². The van der Waals surface area contributed by atoms with Crippen molar-refractivity contribution in [3.63, 3.8) is 0 Å². The number of hydrogen-bond donors (Lipinski definition) is 0. The van der Waals surface area contributed by atoms with Crippen molar-refractivity contribution in [3.8, 4) is 0 Å². The maximum absolute atomic E-state index is 6.07. The number of nitrogens with zero attached hydrogens (tertiary/aromatic N) is 2. The summed E-state index contributed by atoms with van der Waals surface area (Å²) < 4.78 is 1.16. The minimum Gasteiger partial charge on any atom is -0.240 e. The maximum Gasteiger partial charge on any atom is 0.116 e. The molecule has 0 aliphatic carbocycles. The Morgan fingerprint density at radius 2 is 2.14 bits per heavy atom. The molecule has 2 aromatic rings. The van der Waals surface area contributed by atoms with Gasteiger partial charge in [0.25, 0.3) is 0 Å². The van der Waals surface area contributed by atoms with Gasteiger partial charge in [0.15, 0.2) is 0 Å². The molecule has 0 radical (unpaired) electrons. The summed E-state index contributed by atoms with van der Waals surface area (Å²) >= 11 is 7.75. The summed E-state index contributed by atoms with van der Waals surface area (Å²) in [6.45, 7) is 4.09. The number of alkyl halides is 1. The summed E-state index contributed by atoms with van der Waals surface area (Å²) in [6, 6.07) is 2.01. The predicted molar refractivity (Wildman–Crippen MR) is 61.1 cm³/mol. The normalized spacial score (nSPS) is 15.6. The first-order chi connectivity index (χ1) is 6.70. The highest BCUT2D eigenvalue weighted by Gasteiger charge is 2.16. The van der Waals surface area contributed by atoms with Gasteiger partial charge in [0.2, 0.25) is 0 Å². The summed E-state index contributed by atoms with van der Waals surface area (Å²) in [5.74, 6) is 0.265. The van der Waals surface area contributed by atoms with Crippen LogP contribution in [0.4, 0.5) is 0 Å². The third kappa shape index (κ3) is 1.62. The van der Waals surface area contributed by atoms with E-state index in [1.165, 1.54) is 0 Å². The van der Waals surface area contributed by atoms with E-state index in [2.05, 4.69) is 16.9 Å². The Labute approximate surface area is 92.0 Å². The Balaban J connectivity index is 2.56. The lowest BCUT2D eigenvalue weighted by molar-refractivity contribution is 0.722. The minimum absolute atomic E-state index is 0.0928. The zero-order valence-corrected chi connectivity index (χ0v) is 9.64. The Bertz CT molecular complexity index is 438. The molecule has 2 heterocycles. The third-order valence-corrected chi connectivity index (χ3v) is 3.70. The summed E-state index contributed by atoms with van der Waals surface area (Å²) in [4.78, 5) is 8.51. The van der Waals surface area contributed by atoms with Crippen molar-refractivity contribution >= 4 is 33.2 Å². The molecule has 0 aromatic carbocycles. The van der Waals surface area contributed by atoms with E-state index in [0.717, 1.165) is 15.9 Å². The first kappa shape index (κ1) is 9.87. The van der Waals surface area contributed by atoms with Crippen LogP contribution < -0.4 is 0 Å². The van der Waals surface area contributed by atoms with Crippen LogP contribution in [-0.4, -0.2) is 15.3 Å². The molecule has 0 N–H and O–H groups in total. The second-order valence-corrected chi connectivity index (χ2v) is 4.96. The highest BCUT2D eigenvalue weighted by atomic mass is 35.5. The van der Waals surface area contributed by atoms with E-state index in [9.17, 15) is 0 Å². The van der Waals surface area contributed by atoms with Crippen molar-refractivity contribution in [1.82, 2.24) is 9.97 Å². The number of rotatable bonds is 2. The monoisotopic (exact) mass is 226 g/mol. The molecule has 4 heteroatoms. The lowest BCUT2D eigenvalue weighted by atomic mass is 10.0. The molecule has 0 saturated carbocycles. The number of halogens is 1. The fraction of sp³-hybridized carbons (Fsp3) is 0.400. The molecule has 74 valence electrons. The fourth-order valence-electron chi connectivity index (χ4n) is 1.35. The molecule has 2 unspecified atom stereocenters. The highest BCUT2D eigenvalue weighted by Crippen LogP contribution is 2.29. The maximum atomic E-state index is 6.07. The van der Waals surface area contributed by atoms with Crippen molar-refractivity contribution in [1.29, 1.82) is 0 Å². The predicted octanol–water partition coefficient (Wildman–Crippen LogP) is 3.42. The van der Waals surface area contributed by atoms with Gasteiger partial charge >= 0.3 is 0 Å². The summed E-state index contributed by atoms with van der Waals surface area (Å²) in [5, 5.41) is 2.13. The van der Waals surface area contributed by atoms with Crippen molar-refractivity contribution in [3.05, 3.63) is 23.5 Å². The molecular weight excluding hydrogens is 216 g/mol. The zero-order chi connectivity index (χ0) is 10.1. The molecule has 2 rings (SSSR count). The smallest absolute Gasteiger partial charge is 0.116 e. The van der Waals surface area contributed by atoms with Crippen LogP contribution >= 0.6 is 22.9 Å². The van der Waals surface area contributed by atoms with Crippen molar-refractivity contribution in [2.24, 2.45) is 0 Å². The molecule has 0 fully saturated rings. The molecule has 0 spiro atoms. The Hall–Kier alpha value is -0.670. The van der Waals surface area contributed by atoms with Gasteiger partial charge < -0.3 is 0 Å². The molecule has 2 nitrogen and oxygen atoms in total. The van der Waals surface area contributed by atoms with Crippen LogP contribution in [0.3, 0.4) is 0 Å². The topological polar surface area (TPSA) is 25.8 Å². The number of fused-ring (bicyclic) bond motifs is 1. The highest BCUT2D eigenvalue weighted by molar-refractivity contribution is 7.17. The van der Waals surface area contributed by atoms with Gasteiger partial charge in [0, 0.05) is 11.3 Å². The van der Waals surface area contributed by atoms with Crippen molar-refractivity contribution < 1.29 is 0 Å². The number of aromatic nitrogens is 2. The van der Waals surface area contributed by atoms with Gasteiger partial charge in [-0.25, -0.2) is 9.97 Å². The van der Waals surface area contributed by atoms with Gasteiger partial charge in [0.05, 0.1) is 15.9 Å². The van der Waals surface area contributed by atoms with Gasteiger partial charge in [0.1, 0.15) is 6.33 Å². The average Bonchev–Trinajstić information content (AvgIpc) is 2.63. The Kier molecular flexibility index (Phi) is 2.70. The molecule has 0 aliphatic heterocycles. The quantitative estimate of drug-likeness (QED) is 0.734. The fourth-order valence-corrected chi connectivity index (χ4v) is 2.40. The lowest BCUT2D eigenvalue weighted by Crippen LogP contribution is -2.07. The third-order valence-electron chi connectivity index (χ3n) is 2.39. The Morgan fingerprint density at radius 1 is 1.36 bits per heavy atom. The number of hydrogen-bond acceptors (Lipinski definition) is 3. The second-order valence-electron chi connectivity index (χ2n) is 3.36. The molecule has 0 aliphatic rings. The SMILES string of the molecule is CC(Cl)C(C)c1ncnc2ccsc12. The average molecular weight is 227 g/mol. The first-order valence-corrected chi connectivity index (χ1v) is 5.84. The van der Waals surface area contributed by atoms with Crippen LogP contribution in [0.25, 0.3) is 10.2 Å². The van der Waals surface area contributed by atoms with Crippen LogP contribution in [0, 0.1) is 0 Å². The first-order valence-electron chi connectivity index (χ1n) is 4.52. The standard InChI is InChI=1S/C10H11ClN2S/c1-6(7(2)11)9-10-8(3-4-14-10)12-5-13-9/h3-7H,1-2H3. The largest absolute Gasteiger partial charge is 0.240 e. The second kappa shape index (κ2) is 3.83. The zero-order valence-electron chi connectivity index (χ0n) is 8.07. The van der Waals surface area contributed by atoms with Crippen molar-refractivity contribution in [2.75, 3.05) is 0 Å². The van der Waals surface area contributed by atoms with E-state index >= 15 is 0 Å². The van der Waals surface area contributed by atoms with Crippen molar-refractivity contribution in [2.45, 2.75) is 25.1 Å². The molecule has 0 amide bonds. The van der Waals surface area contributed by atoms with Crippen LogP contribution in [0.1, 0.15) is 25.5 Å². The molecule has 14 heavy (non-hydrogen) atoms. The van der Waals surface area contributed by atoms with Gasteiger partial charge in [-0.05, 0) is 18.4 Å². The van der Waals surface area contributed by atoms with E-state index in [4.69, 9.17) is 11.6 Å². The van der Waals surface area contributed by atoms with E-state index in [0.29, 0.717) is 0 Å². The van der Waals surface area contributed by atoms with E-state index in [-0.39, 0.29) is 11.3 Å². The van der Waals surface area contributed by atoms with Crippen LogP contribution in [0.2, 0.25) is 0 Å². The minimum atomic E-state index is 0.0928. The molecule has 0 saturated heterocycles. The van der Waals surface area contributed by atoms with Gasteiger partial charge in [-0.1, -0.05) is 6.92 Å². The van der Waals surface area contributed by atoms with E-state index < -0.39 is 0 Å². The molecule has 0 bridgehead atoms. The van der Waals surface area contributed by atoms with Crippen LogP contribution in [0.5, 0.6) is 0 Å². The Morgan fingerprint density at radius 3 is 2.86 bits per heavy atom. The van der Waals surface area contributed by atoms with Gasteiger partial charge in [-0.2, -0.15) is 0 Å². The van der Waals surface area contributed by atoms with E-state index in [1.54, 1.807) is 17.7 Å². The van der Waals surface area contributed by atoms with Gasteiger partial charge in [-0.3, -0.25) is 0 Å². The summed E-state index contributed by atoms with van der Waals surface area (Å²) in [6.07, 6.45) is 1.61. The molecule has 2 aromatic heterocycles.